The van der Waals surface area contributed by atoms with Gasteiger partial charge in [-0.05, 0) is 72.6 Å². The summed E-state index contributed by atoms with van der Waals surface area (Å²) in [6.07, 6.45) is 5.26. The highest BCUT2D eigenvalue weighted by molar-refractivity contribution is 6.31. The Labute approximate surface area is 191 Å². The molecule has 1 saturated heterocycles. The molecule has 2 saturated carbocycles. The van der Waals surface area contributed by atoms with E-state index in [2.05, 4.69) is 0 Å². The summed E-state index contributed by atoms with van der Waals surface area (Å²) in [5.41, 5.74) is -2.70. The number of carbonyl (C=O) groups is 3. The van der Waals surface area contributed by atoms with Gasteiger partial charge in [-0.15, -0.1) is 0 Å². The number of ether oxygens (including phenoxy) is 1. The van der Waals surface area contributed by atoms with Crippen molar-refractivity contribution in [1.82, 2.24) is 0 Å². The summed E-state index contributed by atoms with van der Waals surface area (Å²) in [6.45, 7) is 13.2. The Kier molecular flexibility index (Phi) is 5.21. The molecule has 4 aliphatic rings. The van der Waals surface area contributed by atoms with Gasteiger partial charge >= 0.3 is 0 Å². The third kappa shape index (κ3) is 2.96. The van der Waals surface area contributed by atoms with Gasteiger partial charge in [0.15, 0.2) is 17.3 Å². The van der Waals surface area contributed by atoms with Gasteiger partial charge in [0.25, 0.3) is 0 Å². The van der Waals surface area contributed by atoms with Crippen LogP contribution in [0.4, 0.5) is 0 Å². The molecule has 0 aromatic rings. The van der Waals surface area contributed by atoms with Crippen molar-refractivity contribution < 1.29 is 24.2 Å². The Balaban J connectivity index is 1.95. The van der Waals surface area contributed by atoms with E-state index in [0.29, 0.717) is 31.4 Å². The average Bonchev–Trinajstić information content (AvgIpc) is 3.16. The molecule has 0 amide bonds. The number of aliphatic hydroxyl groups is 1. The number of Topliss-reactive ketones (excluding diaryl/α,β-unsaturated/α-hetero) is 3. The maximum absolute atomic E-state index is 14.3. The maximum Gasteiger partial charge on any atom is 0.183 e. The van der Waals surface area contributed by atoms with Crippen LogP contribution < -0.4 is 0 Å². The van der Waals surface area contributed by atoms with Crippen molar-refractivity contribution >= 4 is 17.3 Å². The van der Waals surface area contributed by atoms with Gasteiger partial charge in [-0.2, -0.15) is 0 Å². The lowest BCUT2D eigenvalue weighted by atomic mass is 9.51. The van der Waals surface area contributed by atoms with Gasteiger partial charge in [0, 0.05) is 18.3 Å². The Morgan fingerprint density at radius 3 is 2.47 bits per heavy atom. The van der Waals surface area contributed by atoms with Crippen LogP contribution in [0, 0.1) is 28.6 Å². The van der Waals surface area contributed by atoms with Crippen LogP contribution in [-0.2, 0) is 19.1 Å². The molecule has 1 aliphatic heterocycles. The van der Waals surface area contributed by atoms with Crippen molar-refractivity contribution in [3.63, 3.8) is 0 Å². The molecule has 3 fully saturated rings. The zero-order valence-corrected chi connectivity index (χ0v) is 20.6. The minimum atomic E-state index is -1.30. The Bertz CT molecular complexity index is 951. The van der Waals surface area contributed by atoms with Crippen molar-refractivity contribution in [2.75, 3.05) is 0 Å². The predicted octanol–water partition coefficient (Wildman–Crippen LogP) is 4.72. The number of fused-ring (bicyclic) bond motifs is 3. The number of allylic oxidation sites excluding steroid dienone is 4. The molecule has 5 nitrogen and oxygen atoms in total. The van der Waals surface area contributed by atoms with Crippen LogP contribution in [0.25, 0.3) is 0 Å². The van der Waals surface area contributed by atoms with E-state index in [1.54, 1.807) is 6.92 Å². The van der Waals surface area contributed by atoms with E-state index in [1.165, 1.54) is 0 Å². The average molecular weight is 443 g/mol. The molecule has 1 unspecified atom stereocenters. The molecule has 1 N–H and O–H groups in total. The quantitative estimate of drug-likeness (QED) is 0.379. The fourth-order valence-corrected chi connectivity index (χ4v) is 6.98. The number of hydrogen-bond donors (Lipinski definition) is 1. The van der Waals surface area contributed by atoms with Gasteiger partial charge in [0.05, 0.1) is 16.4 Å². The van der Waals surface area contributed by atoms with Gasteiger partial charge in [-0.25, -0.2) is 0 Å². The van der Waals surface area contributed by atoms with Crippen molar-refractivity contribution in [2.24, 2.45) is 28.6 Å². The molecule has 1 heterocycles. The van der Waals surface area contributed by atoms with Crippen LogP contribution in [0.1, 0.15) is 87.0 Å². The standard InChI is InChI=1S/C27H38O5/c1-8-16(4)20(28)19-21(29)24(5,11-9-15(2)3)23(30)27-13-18-17(10-12-25(18,6)31)26(7,14-27)32-22(19)27/h9,16-18,31H,8,10-14H2,1-7H3/t16?,17-,18+,24-,25-,26+,27-/m0/s1. The van der Waals surface area contributed by atoms with E-state index in [1.807, 2.05) is 47.6 Å². The molecule has 3 aliphatic carbocycles. The zero-order valence-electron chi connectivity index (χ0n) is 20.6. The Hall–Kier alpha value is -1.75. The summed E-state index contributed by atoms with van der Waals surface area (Å²) in [7, 11) is 0. The molecule has 5 heteroatoms. The fraction of sp³-hybridized carbons (Fsp3) is 0.741. The first kappa shape index (κ1) is 23.4. The van der Waals surface area contributed by atoms with E-state index < -0.39 is 22.0 Å². The Morgan fingerprint density at radius 2 is 1.88 bits per heavy atom. The van der Waals surface area contributed by atoms with Gasteiger partial charge < -0.3 is 9.84 Å². The highest BCUT2D eigenvalue weighted by Gasteiger charge is 2.73. The highest BCUT2D eigenvalue weighted by Crippen LogP contribution is 2.69. The zero-order chi connectivity index (χ0) is 23.9. The minimum absolute atomic E-state index is 0.0939. The summed E-state index contributed by atoms with van der Waals surface area (Å²) in [6, 6.07) is 0. The van der Waals surface area contributed by atoms with E-state index in [9.17, 15) is 19.5 Å². The fourth-order valence-electron chi connectivity index (χ4n) is 6.98. The summed E-state index contributed by atoms with van der Waals surface area (Å²) < 4.78 is 6.55. The first-order valence-corrected chi connectivity index (χ1v) is 12.2. The normalized spacial score (nSPS) is 43.5. The lowest BCUT2D eigenvalue weighted by Gasteiger charge is -2.47. The second kappa shape index (κ2) is 7.12. The summed E-state index contributed by atoms with van der Waals surface area (Å²) in [5, 5.41) is 11.2. The Morgan fingerprint density at radius 1 is 1.22 bits per heavy atom. The monoisotopic (exact) mass is 442 g/mol. The topological polar surface area (TPSA) is 80.7 Å². The molecule has 0 aromatic heterocycles. The molecular weight excluding hydrogens is 404 g/mol. The molecule has 4 rings (SSSR count). The third-order valence-corrected chi connectivity index (χ3v) is 9.14. The summed E-state index contributed by atoms with van der Waals surface area (Å²) >= 11 is 0. The van der Waals surface area contributed by atoms with Crippen molar-refractivity contribution in [3.05, 3.63) is 23.0 Å². The van der Waals surface area contributed by atoms with Crippen LogP contribution in [0.15, 0.2) is 23.0 Å². The lowest BCUT2D eigenvalue weighted by molar-refractivity contribution is -0.149. The van der Waals surface area contributed by atoms with Crippen LogP contribution in [-0.4, -0.2) is 33.7 Å². The molecule has 0 aromatic carbocycles. The number of ketones is 3. The smallest absolute Gasteiger partial charge is 0.183 e. The van der Waals surface area contributed by atoms with E-state index in [-0.39, 0.29) is 47.1 Å². The first-order valence-electron chi connectivity index (χ1n) is 12.2. The van der Waals surface area contributed by atoms with Gasteiger partial charge in [-0.3, -0.25) is 14.4 Å². The molecule has 1 spiro atoms. The van der Waals surface area contributed by atoms with Crippen molar-refractivity contribution in [3.8, 4) is 0 Å². The predicted molar refractivity (Wildman–Crippen MR) is 122 cm³/mol. The second-order valence-corrected chi connectivity index (χ2v) is 11.8. The molecule has 176 valence electrons. The minimum Gasteiger partial charge on any atom is -0.490 e. The largest absolute Gasteiger partial charge is 0.490 e. The molecule has 0 radical (unpaired) electrons. The van der Waals surface area contributed by atoms with Crippen LogP contribution in [0.3, 0.4) is 0 Å². The van der Waals surface area contributed by atoms with Crippen molar-refractivity contribution in [1.29, 1.82) is 0 Å². The SMILES string of the molecule is CCC(C)C(=O)C1=C2O[C@]3(C)C[C@]2(C[C@@H]2[C@@H]3CC[C@]2(C)O)C(=O)[C@@](C)(CC=C(C)C)C1=O. The van der Waals surface area contributed by atoms with E-state index in [0.717, 1.165) is 12.0 Å². The van der Waals surface area contributed by atoms with Crippen LogP contribution >= 0.6 is 0 Å². The first-order chi connectivity index (χ1) is 14.7. The number of carbonyl (C=O) groups excluding carboxylic acids is 3. The second-order valence-electron chi connectivity index (χ2n) is 11.8. The van der Waals surface area contributed by atoms with Crippen LogP contribution in [0.5, 0.6) is 0 Å². The van der Waals surface area contributed by atoms with Gasteiger partial charge in [0.2, 0.25) is 0 Å². The molecule has 7 atom stereocenters. The number of hydrogen-bond acceptors (Lipinski definition) is 5. The molecule has 2 bridgehead atoms. The van der Waals surface area contributed by atoms with Gasteiger partial charge in [-0.1, -0.05) is 25.5 Å². The molecule has 32 heavy (non-hydrogen) atoms. The maximum atomic E-state index is 14.3. The summed E-state index contributed by atoms with van der Waals surface area (Å²) in [4.78, 5) is 41.7. The van der Waals surface area contributed by atoms with E-state index in [4.69, 9.17) is 4.74 Å². The summed E-state index contributed by atoms with van der Waals surface area (Å²) in [5.74, 6) is -0.723. The molecular formula is C27H38O5. The third-order valence-electron chi connectivity index (χ3n) is 9.14. The van der Waals surface area contributed by atoms with Crippen molar-refractivity contribution in [2.45, 2.75) is 98.2 Å². The van der Waals surface area contributed by atoms with E-state index >= 15 is 0 Å². The highest BCUT2D eigenvalue weighted by atomic mass is 16.5. The van der Waals surface area contributed by atoms with Crippen LogP contribution in [0.2, 0.25) is 0 Å². The lowest BCUT2D eigenvalue weighted by Crippen LogP contribution is -2.57. The van der Waals surface area contributed by atoms with Gasteiger partial charge in [0.1, 0.15) is 16.9 Å². The number of rotatable bonds is 5.